The number of benzene rings is 1. The molecule has 0 saturated carbocycles. The first-order valence-corrected chi connectivity index (χ1v) is 5.26. The van der Waals surface area contributed by atoms with Crippen molar-refractivity contribution in [3.05, 3.63) is 42.5 Å². The standard InChI is InChI=1S/C12H9FN4O/c13-9-4-2-1-3-8(9)10-11(18-17-12(10)14)7-5-15-16-6-7/h1-6H,(H2,14,17)(H,15,16). The van der Waals surface area contributed by atoms with Gasteiger partial charge in [-0.25, -0.2) is 4.39 Å². The molecule has 18 heavy (non-hydrogen) atoms. The summed E-state index contributed by atoms with van der Waals surface area (Å²) in [6.45, 7) is 0. The van der Waals surface area contributed by atoms with Gasteiger partial charge in [0.2, 0.25) is 0 Å². The minimum absolute atomic E-state index is 0.149. The van der Waals surface area contributed by atoms with Gasteiger partial charge in [0.1, 0.15) is 5.82 Å². The third-order valence-electron chi connectivity index (χ3n) is 2.62. The average Bonchev–Trinajstić information content (AvgIpc) is 2.99. The van der Waals surface area contributed by atoms with Crippen LogP contribution in [0.1, 0.15) is 0 Å². The summed E-state index contributed by atoms with van der Waals surface area (Å²) in [4.78, 5) is 0. The summed E-state index contributed by atoms with van der Waals surface area (Å²) in [6, 6.07) is 6.33. The van der Waals surface area contributed by atoms with Crippen molar-refractivity contribution in [3.63, 3.8) is 0 Å². The van der Waals surface area contributed by atoms with E-state index in [9.17, 15) is 4.39 Å². The number of halogens is 1. The van der Waals surface area contributed by atoms with E-state index in [4.69, 9.17) is 10.3 Å². The highest BCUT2D eigenvalue weighted by molar-refractivity contribution is 5.86. The summed E-state index contributed by atoms with van der Waals surface area (Å²) >= 11 is 0. The number of hydrogen-bond acceptors (Lipinski definition) is 4. The van der Waals surface area contributed by atoms with Crippen molar-refractivity contribution < 1.29 is 8.91 Å². The van der Waals surface area contributed by atoms with E-state index in [2.05, 4.69) is 15.4 Å². The molecule has 3 aromatic rings. The Morgan fingerprint density at radius 2 is 2.11 bits per heavy atom. The minimum atomic E-state index is -0.378. The van der Waals surface area contributed by atoms with Crippen LogP contribution in [0.5, 0.6) is 0 Å². The van der Waals surface area contributed by atoms with Gasteiger partial charge in [0.25, 0.3) is 0 Å². The Kier molecular flexibility index (Phi) is 2.33. The first-order chi connectivity index (χ1) is 8.77. The van der Waals surface area contributed by atoms with Gasteiger partial charge in [0.15, 0.2) is 11.6 Å². The van der Waals surface area contributed by atoms with Crippen molar-refractivity contribution in [2.24, 2.45) is 0 Å². The molecular formula is C12H9FN4O. The monoisotopic (exact) mass is 244 g/mol. The molecule has 0 fully saturated rings. The molecule has 0 radical (unpaired) electrons. The van der Waals surface area contributed by atoms with E-state index < -0.39 is 0 Å². The molecule has 0 bridgehead atoms. The number of rotatable bonds is 2. The van der Waals surface area contributed by atoms with Crippen LogP contribution in [0.25, 0.3) is 22.5 Å². The Labute approximate surface area is 101 Å². The van der Waals surface area contributed by atoms with Crippen LogP contribution in [0.3, 0.4) is 0 Å². The Bertz CT molecular complexity index is 675. The topological polar surface area (TPSA) is 80.7 Å². The lowest BCUT2D eigenvalue weighted by Gasteiger charge is -2.02. The van der Waals surface area contributed by atoms with Crippen LogP contribution in [0.4, 0.5) is 10.2 Å². The first-order valence-electron chi connectivity index (χ1n) is 5.26. The summed E-state index contributed by atoms with van der Waals surface area (Å²) in [5.74, 6) is 0.166. The SMILES string of the molecule is Nc1noc(-c2cn[nH]c2)c1-c1ccccc1F. The number of hydrogen-bond donors (Lipinski definition) is 2. The summed E-state index contributed by atoms with van der Waals surface area (Å²) in [7, 11) is 0. The minimum Gasteiger partial charge on any atom is -0.380 e. The maximum Gasteiger partial charge on any atom is 0.180 e. The van der Waals surface area contributed by atoms with Gasteiger partial charge in [-0.15, -0.1) is 0 Å². The molecule has 0 amide bonds. The Morgan fingerprint density at radius 3 is 2.83 bits per heavy atom. The Hall–Kier alpha value is -2.63. The summed E-state index contributed by atoms with van der Waals surface area (Å²) in [6.07, 6.45) is 3.19. The van der Waals surface area contributed by atoms with Gasteiger partial charge in [-0.2, -0.15) is 5.10 Å². The van der Waals surface area contributed by atoms with E-state index in [1.807, 2.05) is 0 Å². The van der Waals surface area contributed by atoms with Gasteiger partial charge < -0.3 is 10.3 Å². The maximum absolute atomic E-state index is 13.8. The van der Waals surface area contributed by atoms with Gasteiger partial charge in [-0.3, -0.25) is 5.10 Å². The Morgan fingerprint density at radius 1 is 1.28 bits per heavy atom. The van der Waals surface area contributed by atoms with Gasteiger partial charge in [-0.05, 0) is 6.07 Å². The number of nitrogens with zero attached hydrogens (tertiary/aromatic N) is 2. The largest absolute Gasteiger partial charge is 0.380 e. The van der Waals surface area contributed by atoms with E-state index in [-0.39, 0.29) is 11.6 Å². The van der Waals surface area contributed by atoms with Crippen molar-refractivity contribution >= 4 is 5.82 Å². The van der Waals surface area contributed by atoms with Gasteiger partial charge in [0.05, 0.1) is 17.3 Å². The zero-order chi connectivity index (χ0) is 12.5. The molecule has 0 atom stereocenters. The van der Waals surface area contributed by atoms with Crippen LogP contribution in [0, 0.1) is 5.82 Å². The van der Waals surface area contributed by atoms with Crippen molar-refractivity contribution in [3.8, 4) is 22.5 Å². The predicted molar refractivity (Wildman–Crippen MR) is 63.9 cm³/mol. The highest BCUT2D eigenvalue weighted by atomic mass is 19.1. The molecule has 1 aromatic carbocycles. The molecule has 0 aliphatic carbocycles. The third kappa shape index (κ3) is 1.55. The van der Waals surface area contributed by atoms with E-state index in [0.717, 1.165) is 0 Å². The lowest BCUT2D eigenvalue weighted by Crippen LogP contribution is -1.91. The number of aromatic nitrogens is 3. The molecule has 0 saturated heterocycles. The molecule has 0 aliphatic heterocycles. The van der Waals surface area contributed by atoms with E-state index in [0.29, 0.717) is 22.5 Å². The third-order valence-corrected chi connectivity index (χ3v) is 2.62. The fourth-order valence-corrected chi connectivity index (χ4v) is 1.80. The molecule has 0 spiro atoms. The molecule has 3 rings (SSSR count). The molecule has 2 heterocycles. The first kappa shape index (κ1) is 10.5. The normalized spacial score (nSPS) is 10.7. The summed E-state index contributed by atoms with van der Waals surface area (Å²) < 4.78 is 19.0. The van der Waals surface area contributed by atoms with Crippen LogP contribution in [0.2, 0.25) is 0 Å². The quantitative estimate of drug-likeness (QED) is 0.725. The lowest BCUT2D eigenvalue weighted by atomic mass is 10.0. The fourth-order valence-electron chi connectivity index (χ4n) is 1.80. The highest BCUT2D eigenvalue weighted by Crippen LogP contribution is 2.37. The molecular weight excluding hydrogens is 235 g/mol. The van der Waals surface area contributed by atoms with Crippen LogP contribution in [-0.4, -0.2) is 15.4 Å². The number of nitrogen functional groups attached to an aromatic ring is 1. The van der Waals surface area contributed by atoms with Gasteiger partial charge in [-0.1, -0.05) is 23.4 Å². The zero-order valence-electron chi connectivity index (χ0n) is 9.22. The van der Waals surface area contributed by atoms with Crippen molar-refractivity contribution in [1.29, 1.82) is 0 Å². The number of aromatic amines is 1. The molecule has 0 unspecified atom stereocenters. The smallest absolute Gasteiger partial charge is 0.180 e. The van der Waals surface area contributed by atoms with E-state index in [1.54, 1.807) is 30.6 Å². The Balaban J connectivity index is 2.24. The van der Waals surface area contributed by atoms with E-state index in [1.165, 1.54) is 6.07 Å². The molecule has 3 N–H and O–H groups in total. The second kappa shape index (κ2) is 3.99. The second-order valence-corrected chi connectivity index (χ2v) is 3.74. The molecule has 6 heteroatoms. The van der Waals surface area contributed by atoms with Crippen molar-refractivity contribution in [1.82, 2.24) is 15.4 Å². The van der Waals surface area contributed by atoms with Crippen LogP contribution in [-0.2, 0) is 0 Å². The predicted octanol–water partition coefficient (Wildman–Crippen LogP) is 2.45. The average molecular weight is 244 g/mol. The van der Waals surface area contributed by atoms with Crippen molar-refractivity contribution in [2.75, 3.05) is 5.73 Å². The zero-order valence-corrected chi connectivity index (χ0v) is 9.22. The maximum atomic E-state index is 13.8. The second-order valence-electron chi connectivity index (χ2n) is 3.74. The molecule has 2 aromatic heterocycles. The van der Waals surface area contributed by atoms with Crippen molar-refractivity contribution in [2.45, 2.75) is 0 Å². The van der Waals surface area contributed by atoms with E-state index >= 15 is 0 Å². The summed E-state index contributed by atoms with van der Waals surface area (Å²) in [5, 5.41) is 10.2. The number of nitrogens with one attached hydrogen (secondary N) is 1. The van der Waals surface area contributed by atoms with Gasteiger partial charge >= 0.3 is 0 Å². The fraction of sp³-hybridized carbons (Fsp3) is 0. The van der Waals surface area contributed by atoms with Crippen LogP contribution in [0.15, 0.2) is 41.2 Å². The van der Waals surface area contributed by atoms with Crippen LogP contribution < -0.4 is 5.73 Å². The molecule has 5 nitrogen and oxygen atoms in total. The van der Waals surface area contributed by atoms with Gasteiger partial charge in [0, 0.05) is 11.8 Å². The van der Waals surface area contributed by atoms with Crippen LogP contribution >= 0.6 is 0 Å². The summed E-state index contributed by atoms with van der Waals surface area (Å²) in [5.41, 5.74) is 7.20. The number of anilines is 1. The number of nitrogens with two attached hydrogens (primary N) is 1. The molecule has 0 aliphatic rings. The highest BCUT2D eigenvalue weighted by Gasteiger charge is 2.20. The lowest BCUT2D eigenvalue weighted by molar-refractivity contribution is 0.436. The number of H-pyrrole nitrogens is 1. The molecule has 90 valence electrons.